The molecule has 188 valence electrons. The van der Waals surface area contributed by atoms with E-state index in [1.54, 1.807) is 39.9 Å². The number of anilines is 2. The zero-order valence-electron chi connectivity index (χ0n) is 19.2. The lowest BCUT2D eigenvalue weighted by Gasteiger charge is -2.34. The van der Waals surface area contributed by atoms with Crippen molar-refractivity contribution in [3.05, 3.63) is 64.1 Å². The summed E-state index contributed by atoms with van der Waals surface area (Å²) in [5.41, 5.74) is -2.24. The highest BCUT2D eigenvalue weighted by Gasteiger charge is 2.37. The maximum absolute atomic E-state index is 13.3. The topological polar surface area (TPSA) is 136 Å². The Morgan fingerprint density at radius 2 is 1.92 bits per heavy atom. The molecule has 1 aliphatic rings. The lowest BCUT2D eigenvalue weighted by atomic mass is 10.2. The molecule has 36 heavy (non-hydrogen) atoms. The zero-order valence-corrected chi connectivity index (χ0v) is 19.2. The molecule has 3 aromatic rings. The average molecular weight is 501 g/mol. The fraction of sp³-hybridized carbons (Fsp3) is 0.364. The van der Waals surface area contributed by atoms with Gasteiger partial charge in [-0.15, -0.1) is 0 Å². The van der Waals surface area contributed by atoms with Crippen LogP contribution >= 0.6 is 0 Å². The van der Waals surface area contributed by atoms with E-state index in [4.69, 9.17) is 5.26 Å². The minimum Gasteiger partial charge on any atom is -0.379 e. The Labute approximate surface area is 203 Å². The molecule has 1 amide bonds. The smallest absolute Gasteiger partial charge is 0.379 e. The number of halogens is 3. The lowest BCUT2D eigenvalue weighted by molar-refractivity contribution is -0.138. The average Bonchev–Trinajstić information content (AvgIpc) is 3.31. The highest BCUT2D eigenvalue weighted by Crippen LogP contribution is 2.31. The number of rotatable bonds is 6. The SMILES string of the molecule is CC(Cn1ccc(C(=O)N2CCN(c3ncc(C#N)cn3)CC2)c1)Nc1cn[nH]c(=O)c1C(F)(F)F. The molecule has 0 aliphatic carbocycles. The molecule has 4 rings (SSSR count). The molecule has 1 fully saturated rings. The number of hydrogen-bond acceptors (Lipinski definition) is 8. The van der Waals surface area contributed by atoms with E-state index in [1.807, 2.05) is 11.0 Å². The summed E-state index contributed by atoms with van der Waals surface area (Å²) < 4.78 is 41.4. The number of alkyl halides is 3. The first-order valence-electron chi connectivity index (χ1n) is 11.0. The van der Waals surface area contributed by atoms with E-state index in [1.165, 1.54) is 12.4 Å². The van der Waals surface area contributed by atoms with Gasteiger partial charge in [0.05, 0.1) is 35.4 Å². The number of H-pyrrole nitrogens is 1. The van der Waals surface area contributed by atoms with Crippen molar-refractivity contribution in [2.24, 2.45) is 0 Å². The second-order valence-corrected chi connectivity index (χ2v) is 8.29. The highest BCUT2D eigenvalue weighted by atomic mass is 19.4. The van der Waals surface area contributed by atoms with Crippen molar-refractivity contribution in [1.82, 2.24) is 29.6 Å². The summed E-state index contributed by atoms with van der Waals surface area (Å²) >= 11 is 0. The van der Waals surface area contributed by atoms with Gasteiger partial charge in [0.25, 0.3) is 11.5 Å². The summed E-state index contributed by atoms with van der Waals surface area (Å²) in [5, 5.41) is 16.8. The van der Waals surface area contributed by atoms with E-state index >= 15 is 0 Å². The third-order valence-electron chi connectivity index (χ3n) is 5.64. The quantitative estimate of drug-likeness (QED) is 0.521. The third-order valence-corrected chi connectivity index (χ3v) is 5.64. The van der Waals surface area contributed by atoms with E-state index in [-0.39, 0.29) is 12.5 Å². The first-order valence-corrected chi connectivity index (χ1v) is 11.0. The van der Waals surface area contributed by atoms with Crippen LogP contribution in [-0.2, 0) is 12.7 Å². The molecule has 14 heteroatoms. The summed E-state index contributed by atoms with van der Waals surface area (Å²) in [6.45, 7) is 3.90. The Hall–Kier alpha value is -4.41. The lowest BCUT2D eigenvalue weighted by Crippen LogP contribution is -2.49. The van der Waals surface area contributed by atoms with Gasteiger partial charge in [0.15, 0.2) is 0 Å². The van der Waals surface area contributed by atoms with Crippen LogP contribution in [0.25, 0.3) is 0 Å². The Morgan fingerprint density at radius 3 is 2.56 bits per heavy atom. The van der Waals surface area contributed by atoms with Crippen molar-refractivity contribution in [3.8, 4) is 6.07 Å². The second-order valence-electron chi connectivity index (χ2n) is 8.29. The molecular formula is C22H22F3N9O2. The van der Waals surface area contributed by atoms with Crippen LogP contribution in [0.3, 0.4) is 0 Å². The first kappa shape index (κ1) is 24.7. The normalized spacial score (nSPS) is 14.9. The highest BCUT2D eigenvalue weighted by molar-refractivity contribution is 5.94. The number of hydrogen-bond donors (Lipinski definition) is 2. The fourth-order valence-electron chi connectivity index (χ4n) is 3.93. The standard InChI is InChI=1S/C22H22F3N9O2/c1-14(30-17-11-29-31-19(35)18(17)22(23,24)25)12-32-3-2-16(13-32)20(36)33-4-6-34(7-5-33)21-27-9-15(8-26)10-28-21/h2-3,9-11,13-14H,4-7,12H2,1H3,(H2,30,31,35). The van der Waals surface area contributed by atoms with Gasteiger partial charge in [-0.3, -0.25) is 9.59 Å². The first-order chi connectivity index (χ1) is 17.2. The van der Waals surface area contributed by atoms with Crippen molar-refractivity contribution in [1.29, 1.82) is 5.26 Å². The number of amides is 1. The van der Waals surface area contributed by atoms with Gasteiger partial charge in [-0.1, -0.05) is 0 Å². The van der Waals surface area contributed by atoms with Gasteiger partial charge in [-0.2, -0.15) is 23.5 Å². The number of carbonyl (C=O) groups is 1. The van der Waals surface area contributed by atoms with Crippen molar-refractivity contribution in [2.75, 3.05) is 36.4 Å². The molecular weight excluding hydrogens is 479 g/mol. The van der Waals surface area contributed by atoms with Crippen molar-refractivity contribution >= 4 is 17.5 Å². The predicted octanol–water partition coefficient (Wildman–Crippen LogP) is 1.71. The summed E-state index contributed by atoms with van der Waals surface area (Å²) in [5.74, 6) is 0.339. The van der Waals surface area contributed by atoms with E-state index in [9.17, 15) is 22.8 Å². The molecule has 1 saturated heterocycles. The molecule has 0 spiro atoms. The van der Waals surface area contributed by atoms with Gasteiger partial charge in [0.2, 0.25) is 5.95 Å². The minimum atomic E-state index is -4.83. The van der Waals surface area contributed by atoms with E-state index < -0.39 is 29.0 Å². The van der Waals surface area contributed by atoms with Crippen LogP contribution in [0.2, 0.25) is 0 Å². The predicted molar refractivity (Wildman–Crippen MR) is 122 cm³/mol. The molecule has 3 aromatic heterocycles. The van der Waals surface area contributed by atoms with Gasteiger partial charge in [-0.25, -0.2) is 15.1 Å². The van der Waals surface area contributed by atoms with Gasteiger partial charge in [0.1, 0.15) is 11.6 Å². The number of nitrogens with zero attached hydrogens (tertiary/aromatic N) is 7. The Bertz CT molecular complexity index is 1320. The Morgan fingerprint density at radius 1 is 1.22 bits per heavy atom. The Balaban J connectivity index is 1.34. The van der Waals surface area contributed by atoms with E-state index in [0.717, 1.165) is 6.20 Å². The van der Waals surface area contributed by atoms with Gasteiger partial charge in [-0.05, 0) is 13.0 Å². The second kappa shape index (κ2) is 10.1. The maximum atomic E-state index is 13.3. The summed E-state index contributed by atoms with van der Waals surface area (Å²) in [6.07, 6.45) is 2.31. The molecule has 0 aromatic carbocycles. The summed E-state index contributed by atoms with van der Waals surface area (Å²) in [4.78, 5) is 36.6. The van der Waals surface area contributed by atoms with Crippen LogP contribution in [0, 0.1) is 11.3 Å². The largest absolute Gasteiger partial charge is 0.423 e. The maximum Gasteiger partial charge on any atom is 0.423 e. The molecule has 1 unspecified atom stereocenters. The van der Waals surface area contributed by atoms with E-state index in [0.29, 0.717) is 43.3 Å². The molecule has 2 N–H and O–H groups in total. The van der Waals surface area contributed by atoms with Gasteiger partial charge < -0.3 is 19.7 Å². The number of aromatic nitrogens is 5. The van der Waals surface area contributed by atoms with Crippen molar-refractivity contribution < 1.29 is 18.0 Å². The van der Waals surface area contributed by atoms with Crippen LogP contribution < -0.4 is 15.8 Å². The van der Waals surface area contributed by atoms with Gasteiger partial charge in [0, 0.05) is 51.2 Å². The Kier molecular flexibility index (Phi) is 6.91. The zero-order chi connectivity index (χ0) is 25.9. The fourth-order valence-corrected chi connectivity index (χ4v) is 3.93. The van der Waals surface area contributed by atoms with Crippen LogP contribution in [-0.4, -0.2) is 67.8 Å². The van der Waals surface area contributed by atoms with Crippen LogP contribution in [0.4, 0.5) is 24.8 Å². The number of piperazine rings is 1. The number of nitrogens with one attached hydrogen (secondary N) is 2. The molecule has 0 bridgehead atoms. The minimum absolute atomic E-state index is 0.159. The number of nitriles is 1. The molecule has 4 heterocycles. The van der Waals surface area contributed by atoms with Crippen molar-refractivity contribution in [3.63, 3.8) is 0 Å². The molecule has 11 nitrogen and oxygen atoms in total. The van der Waals surface area contributed by atoms with Crippen LogP contribution in [0.15, 0.2) is 41.8 Å². The van der Waals surface area contributed by atoms with Gasteiger partial charge >= 0.3 is 6.18 Å². The monoisotopic (exact) mass is 501 g/mol. The number of aromatic amines is 1. The third kappa shape index (κ3) is 5.45. The summed E-state index contributed by atoms with van der Waals surface area (Å²) in [7, 11) is 0. The van der Waals surface area contributed by atoms with Crippen LogP contribution in [0.1, 0.15) is 28.4 Å². The molecule has 0 radical (unpaired) electrons. The summed E-state index contributed by atoms with van der Waals surface area (Å²) in [6, 6.07) is 3.12. The van der Waals surface area contributed by atoms with Crippen LogP contribution in [0.5, 0.6) is 0 Å². The number of carbonyl (C=O) groups excluding carboxylic acids is 1. The molecule has 1 atom stereocenters. The van der Waals surface area contributed by atoms with Crippen molar-refractivity contribution in [2.45, 2.75) is 25.7 Å². The molecule has 1 aliphatic heterocycles. The van der Waals surface area contributed by atoms with E-state index in [2.05, 4.69) is 20.4 Å². The molecule has 0 saturated carbocycles.